The molecule has 6 rings (SSSR count). The predicted octanol–water partition coefficient (Wildman–Crippen LogP) is 6.49. The van der Waals surface area contributed by atoms with Crippen molar-refractivity contribution in [3.05, 3.63) is 113 Å². The van der Waals surface area contributed by atoms with E-state index in [0.717, 1.165) is 68.0 Å². The van der Waals surface area contributed by atoms with Crippen molar-refractivity contribution in [2.75, 3.05) is 38.3 Å². The van der Waals surface area contributed by atoms with Crippen molar-refractivity contribution in [1.82, 2.24) is 4.90 Å². The zero-order valence-electron chi connectivity index (χ0n) is 26.0. The van der Waals surface area contributed by atoms with E-state index in [1.807, 2.05) is 24.3 Å². The minimum atomic E-state index is -0.533. The molecular weight excluding hydrogens is 564 g/mol. The maximum atomic E-state index is 13.7. The van der Waals surface area contributed by atoms with E-state index in [0.29, 0.717) is 11.5 Å². The summed E-state index contributed by atoms with van der Waals surface area (Å²) >= 11 is 0. The Balaban J connectivity index is 1.26. The smallest absolute Gasteiger partial charge is 0.340 e. The minimum absolute atomic E-state index is 0.208. The molecule has 1 saturated carbocycles. The minimum Gasteiger partial charge on any atom is -0.497 e. The summed E-state index contributed by atoms with van der Waals surface area (Å²) in [6.45, 7) is 4.58. The Morgan fingerprint density at radius 2 is 1.82 bits per heavy atom. The van der Waals surface area contributed by atoms with Crippen LogP contribution in [-0.4, -0.2) is 56.0 Å². The maximum absolute atomic E-state index is 13.7. The molecule has 2 aliphatic heterocycles. The van der Waals surface area contributed by atoms with Gasteiger partial charge in [-0.2, -0.15) is 0 Å². The number of likely N-dealkylation sites (tertiary alicyclic amines) is 1. The Hall–Kier alpha value is -4.49. The lowest BCUT2D eigenvalue weighted by Gasteiger charge is -2.51. The van der Waals surface area contributed by atoms with Crippen molar-refractivity contribution < 1.29 is 23.9 Å². The van der Waals surface area contributed by atoms with Crippen molar-refractivity contribution in [1.29, 1.82) is 0 Å². The van der Waals surface area contributed by atoms with Crippen LogP contribution < -0.4 is 9.64 Å². The summed E-state index contributed by atoms with van der Waals surface area (Å²) in [6.07, 6.45) is 8.73. The molecule has 1 aliphatic carbocycles. The molecule has 2 atom stereocenters. The van der Waals surface area contributed by atoms with Crippen LogP contribution in [0.2, 0.25) is 0 Å². The summed E-state index contributed by atoms with van der Waals surface area (Å²) in [5, 5.41) is 0. The standard InChI is InChI=1S/C38H40N2O5/c1-27-21-35(41)40(36(27)42)34-18-7-6-17-32(34)37(43)45-26-38-19-9-15-30(33(38)23-29-13-8-16-31(22-29)44-2)24-39(25-38)20-10-14-28-11-4-3-5-12-28/h3-8,11-13,16-18,21-23,30H,9-10,14-15,19-20,24-26H2,1-2H3/t30-,38+/m1/s1. The Kier molecular flexibility index (Phi) is 8.99. The number of piperidine rings is 1. The van der Waals surface area contributed by atoms with Crippen LogP contribution in [0.3, 0.4) is 0 Å². The summed E-state index contributed by atoms with van der Waals surface area (Å²) in [5.74, 6) is -0.241. The van der Waals surface area contributed by atoms with Crippen molar-refractivity contribution in [2.24, 2.45) is 11.3 Å². The summed E-state index contributed by atoms with van der Waals surface area (Å²) in [4.78, 5) is 42.8. The van der Waals surface area contributed by atoms with Crippen molar-refractivity contribution in [3.8, 4) is 5.75 Å². The number of hydrogen-bond acceptors (Lipinski definition) is 6. The quantitative estimate of drug-likeness (QED) is 0.195. The van der Waals surface area contributed by atoms with E-state index in [-0.39, 0.29) is 23.3 Å². The third-order valence-corrected chi connectivity index (χ3v) is 9.41. The van der Waals surface area contributed by atoms with Gasteiger partial charge in [-0.15, -0.1) is 0 Å². The molecule has 3 aromatic rings. The number of para-hydroxylation sites is 1. The number of imide groups is 1. The molecule has 0 spiro atoms. The zero-order valence-corrected chi connectivity index (χ0v) is 26.0. The number of anilines is 1. The van der Waals surface area contributed by atoms with Crippen molar-refractivity contribution >= 4 is 29.5 Å². The number of methoxy groups -OCH3 is 1. The molecule has 0 unspecified atom stereocenters. The number of nitrogens with zero attached hydrogens (tertiary/aromatic N) is 2. The number of amides is 2. The molecule has 45 heavy (non-hydrogen) atoms. The predicted molar refractivity (Wildman–Crippen MR) is 175 cm³/mol. The lowest BCUT2D eigenvalue weighted by atomic mass is 9.62. The molecule has 232 valence electrons. The number of fused-ring (bicyclic) bond motifs is 2. The monoisotopic (exact) mass is 604 g/mol. The Morgan fingerprint density at radius 1 is 1.02 bits per heavy atom. The van der Waals surface area contributed by atoms with E-state index in [2.05, 4.69) is 41.3 Å². The number of rotatable bonds is 10. The average molecular weight is 605 g/mol. The van der Waals surface area contributed by atoms with E-state index in [9.17, 15) is 14.4 Å². The van der Waals surface area contributed by atoms with E-state index in [1.165, 1.54) is 17.2 Å². The first kappa shape index (κ1) is 30.5. The number of hydrogen-bond donors (Lipinski definition) is 0. The van der Waals surface area contributed by atoms with Crippen LogP contribution in [0.15, 0.2) is 96.1 Å². The second-order valence-electron chi connectivity index (χ2n) is 12.5. The molecular formula is C38H40N2O5. The van der Waals surface area contributed by atoms with Gasteiger partial charge in [-0.1, -0.05) is 72.7 Å². The summed E-state index contributed by atoms with van der Waals surface area (Å²) in [6, 6.07) is 25.4. The average Bonchev–Trinajstić information content (AvgIpc) is 3.31. The summed E-state index contributed by atoms with van der Waals surface area (Å²) in [5.41, 5.74) is 4.20. The Labute approximate surface area is 265 Å². The zero-order chi connectivity index (χ0) is 31.4. The van der Waals surface area contributed by atoms with E-state index in [4.69, 9.17) is 9.47 Å². The van der Waals surface area contributed by atoms with Gasteiger partial charge in [0.05, 0.1) is 18.4 Å². The number of carbonyl (C=O) groups is 3. The van der Waals surface area contributed by atoms with Gasteiger partial charge in [0.15, 0.2) is 0 Å². The highest BCUT2D eigenvalue weighted by atomic mass is 16.5. The van der Waals surface area contributed by atoms with Crippen LogP contribution in [0.25, 0.3) is 6.08 Å². The molecule has 3 aromatic carbocycles. The van der Waals surface area contributed by atoms with Gasteiger partial charge in [0.25, 0.3) is 11.8 Å². The van der Waals surface area contributed by atoms with Crippen LogP contribution in [0.1, 0.15) is 54.1 Å². The fraction of sp³-hybridized carbons (Fsp3) is 0.342. The van der Waals surface area contributed by atoms with Gasteiger partial charge in [-0.25, -0.2) is 9.69 Å². The van der Waals surface area contributed by atoms with Gasteiger partial charge < -0.3 is 14.4 Å². The van der Waals surface area contributed by atoms with E-state index < -0.39 is 17.8 Å². The van der Waals surface area contributed by atoms with Crippen LogP contribution in [0.5, 0.6) is 5.75 Å². The van der Waals surface area contributed by atoms with Gasteiger partial charge in [0, 0.05) is 30.2 Å². The fourth-order valence-electron chi connectivity index (χ4n) is 7.23. The fourth-order valence-corrected chi connectivity index (χ4v) is 7.23. The summed E-state index contributed by atoms with van der Waals surface area (Å²) < 4.78 is 11.7. The Morgan fingerprint density at radius 3 is 2.60 bits per heavy atom. The number of ether oxygens (including phenoxy) is 2. The highest BCUT2D eigenvalue weighted by Gasteiger charge is 2.47. The normalized spacial score (nSPS) is 22.4. The molecule has 0 radical (unpaired) electrons. The molecule has 2 bridgehead atoms. The van der Waals surface area contributed by atoms with Crippen LogP contribution >= 0.6 is 0 Å². The molecule has 0 aromatic heterocycles. The number of aryl methyl sites for hydroxylation is 1. The topological polar surface area (TPSA) is 76.1 Å². The molecule has 7 nitrogen and oxygen atoms in total. The SMILES string of the molecule is COc1cccc(C=C2[C@@H]3CCC[C@@]2(COC(=O)c2ccccc2N2C(=O)C=C(C)C2=O)CN(CCCc2ccccc2)C3)c1. The molecule has 2 heterocycles. The molecule has 3 aliphatic rings. The molecule has 0 N–H and O–H groups in total. The van der Waals surface area contributed by atoms with Crippen LogP contribution in [-0.2, 0) is 20.7 Å². The van der Waals surface area contributed by atoms with E-state index >= 15 is 0 Å². The molecule has 2 amide bonds. The molecule has 7 heteroatoms. The van der Waals surface area contributed by atoms with E-state index in [1.54, 1.807) is 38.3 Å². The lowest BCUT2D eigenvalue weighted by molar-refractivity contribution is -0.120. The third kappa shape index (κ3) is 6.50. The first-order valence-electron chi connectivity index (χ1n) is 15.8. The maximum Gasteiger partial charge on any atom is 0.340 e. The number of esters is 1. The van der Waals surface area contributed by atoms with Crippen LogP contribution in [0, 0.1) is 11.3 Å². The summed E-state index contributed by atoms with van der Waals surface area (Å²) in [7, 11) is 1.67. The van der Waals surface area contributed by atoms with Gasteiger partial charge in [0.1, 0.15) is 12.4 Å². The second kappa shape index (κ2) is 13.2. The Bertz CT molecular complexity index is 1640. The van der Waals surface area contributed by atoms with Crippen molar-refractivity contribution in [3.63, 3.8) is 0 Å². The molecule has 2 fully saturated rings. The van der Waals surface area contributed by atoms with Crippen LogP contribution in [0.4, 0.5) is 5.69 Å². The van der Waals surface area contributed by atoms with Gasteiger partial charge in [-0.05, 0) is 80.5 Å². The highest BCUT2D eigenvalue weighted by Crippen LogP contribution is 2.49. The first-order chi connectivity index (χ1) is 21.9. The van der Waals surface area contributed by atoms with Gasteiger partial charge >= 0.3 is 5.97 Å². The third-order valence-electron chi connectivity index (χ3n) is 9.41. The lowest BCUT2D eigenvalue weighted by Crippen LogP contribution is -2.53. The number of carbonyl (C=O) groups excluding carboxylic acids is 3. The first-order valence-corrected chi connectivity index (χ1v) is 15.8. The van der Waals surface area contributed by atoms with Gasteiger partial charge in [-0.3, -0.25) is 9.59 Å². The number of benzene rings is 3. The second-order valence-corrected chi connectivity index (χ2v) is 12.5. The van der Waals surface area contributed by atoms with Crippen molar-refractivity contribution in [2.45, 2.75) is 39.0 Å². The van der Waals surface area contributed by atoms with Gasteiger partial charge in [0.2, 0.25) is 0 Å². The largest absolute Gasteiger partial charge is 0.497 e. The molecule has 1 saturated heterocycles. The highest BCUT2D eigenvalue weighted by molar-refractivity contribution is 6.31.